The fourth-order valence-corrected chi connectivity index (χ4v) is 0.802. The molecule has 0 aliphatic carbocycles. The summed E-state index contributed by atoms with van der Waals surface area (Å²) in [6.45, 7) is 1.88. The fourth-order valence-electron chi connectivity index (χ4n) is 0.724. The van der Waals surface area contributed by atoms with Crippen LogP contribution in [0.1, 0.15) is 6.92 Å². The zero-order chi connectivity index (χ0) is 12.2. The molecule has 0 aliphatic rings. The monoisotopic (exact) mass is 242 g/mol. The Morgan fingerprint density at radius 2 is 2.12 bits per heavy atom. The topological polar surface area (TPSA) is 67.4 Å². The first-order chi connectivity index (χ1) is 7.70. The quantitative estimate of drug-likeness (QED) is 0.290. The summed E-state index contributed by atoms with van der Waals surface area (Å²) in [5.41, 5.74) is 1.34. The first-order valence-corrected chi connectivity index (χ1v) is 5.14. The molecule has 0 unspecified atom stereocenters. The lowest BCUT2D eigenvalue weighted by atomic mass is 10.4. The summed E-state index contributed by atoms with van der Waals surface area (Å²) in [7, 11) is 0. The molecule has 0 fully saturated rings. The Hall–Kier alpha value is -1.69. The SMILES string of the molecule is CCOC(=O)CNC(=O)/C=C/C=C\NC=S. The fraction of sp³-hybridized carbons (Fsp3) is 0.300. The van der Waals surface area contributed by atoms with Crippen molar-refractivity contribution in [2.45, 2.75) is 6.92 Å². The minimum Gasteiger partial charge on any atom is -0.465 e. The van der Waals surface area contributed by atoms with Gasteiger partial charge < -0.3 is 15.4 Å². The van der Waals surface area contributed by atoms with E-state index in [-0.39, 0.29) is 12.5 Å². The number of esters is 1. The summed E-state index contributed by atoms with van der Waals surface area (Å²) in [4.78, 5) is 22.0. The van der Waals surface area contributed by atoms with Crippen LogP contribution in [0.2, 0.25) is 0 Å². The number of hydrogen-bond donors (Lipinski definition) is 2. The average Bonchev–Trinajstić information content (AvgIpc) is 2.26. The van der Waals surface area contributed by atoms with Gasteiger partial charge in [0.05, 0.1) is 12.1 Å². The summed E-state index contributed by atoms with van der Waals surface area (Å²) >= 11 is 4.51. The summed E-state index contributed by atoms with van der Waals surface area (Å²) < 4.78 is 4.63. The van der Waals surface area contributed by atoms with E-state index in [2.05, 4.69) is 27.6 Å². The van der Waals surface area contributed by atoms with Crippen molar-refractivity contribution in [3.8, 4) is 0 Å². The van der Waals surface area contributed by atoms with E-state index in [1.807, 2.05) is 0 Å². The lowest BCUT2D eigenvalue weighted by Gasteiger charge is -2.01. The maximum atomic E-state index is 11.1. The van der Waals surface area contributed by atoms with E-state index < -0.39 is 5.97 Å². The number of nitrogens with one attached hydrogen (secondary N) is 2. The van der Waals surface area contributed by atoms with Crippen LogP contribution in [0.15, 0.2) is 24.4 Å². The van der Waals surface area contributed by atoms with Gasteiger partial charge in [0.1, 0.15) is 6.54 Å². The molecule has 0 saturated heterocycles. The van der Waals surface area contributed by atoms with E-state index in [0.717, 1.165) is 0 Å². The second kappa shape index (κ2) is 9.85. The van der Waals surface area contributed by atoms with Crippen LogP contribution in [-0.2, 0) is 14.3 Å². The molecule has 0 aromatic heterocycles. The average molecular weight is 242 g/mol. The normalized spacial score (nSPS) is 10.3. The van der Waals surface area contributed by atoms with E-state index >= 15 is 0 Å². The molecule has 16 heavy (non-hydrogen) atoms. The lowest BCUT2D eigenvalue weighted by molar-refractivity contribution is -0.143. The van der Waals surface area contributed by atoms with Crippen molar-refractivity contribution in [1.29, 1.82) is 0 Å². The van der Waals surface area contributed by atoms with Gasteiger partial charge in [0.25, 0.3) is 0 Å². The zero-order valence-electron chi connectivity index (χ0n) is 8.93. The molecule has 0 heterocycles. The second-order valence-electron chi connectivity index (χ2n) is 2.53. The molecule has 2 N–H and O–H groups in total. The van der Waals surface area contributed by atoms with Gasteiger partial charge >= 0.3 is 5.97 Å². The molecule has 88 valence electrons. The smallest absolute Gasteiger partial charge is 0.325 e. The number of ether oxygens (including phenoxy) is 1. The second-order valence-corrected chi connectivity index (χ2v) is 2.76. The van der Waals surface area contributed by atoms with Crippen molar-refractivity contribution in [2.24, 2.45) is 0 Å². The van der Waals surface area contributed by atoms with Crippen LogP contribution >= 0.6 is 12.2 Å². The molecule has 0 aliphatic heterocycles. The molecular weight excluding hydrogens is 228 g/mol. The molecule has 1 amide bonds. The van der Waals surface area contributed by atoms with Crippen LogP contribution < -0.4 is 10.6 Å². The van der Waals surface area contributed by atoms with Gasteiger partial charge in [-0.1, -0.05) is 18.3 Å². The Morgan fingerprint density at radius 1 is 1.38 bits per heavy atom. The van der Waals surface area contributed by atoms with Gasteiger partial charge in [0, 0.05) is 12.3 Å². The van der Waals surface area contributed by atoms with Gasteiger partial charge in [-0.25, -0.2) is 0 Å². The molecule has 0 spiro atoms. The molecule has 5 nitrogen and oxygen atoms in total. The highest BCUT2D eigenvalue weighted by atomic mass is 32.1. The Morgan fingerprint density at radius 3 is 2.75 bits per heavy atom. The molecule has 0 aromatic carbocycles. The Kier molecular flexibility index (Phi) is 8.81. The number of hydrogen-bond acceptors (Lipinski definition) is 4. The van der Waals surface area contributed by atoms with Crippen LogP contribution in [0.5, 0.6) is 0 Å². The number of rotatable bonds is 7. The van der Waals surface area contributed by atoms with Gasteiger partial charge in [0.2, 0.25) is 5.91 Å². The molecule has 0 saturated carbocycles. The van der Waals surface area contributed by atoms with Crippen LogP contribution in [0.3, 0.4) is 0 Å². The first kappa shape index (κ1) is 14.3. The van der Waals surface area contributed by atoms with E-state index in [0.29, 0.717) is 6.61 Å². The predicted molar refractivity (Wildman–Crippen MR) is 64.7 cm³/mol. The van der Waals surface area contributed by atoms with Crippen molar-refractivity contribution in [1.82, 2.24) is 10.6 Å². The van der Waals surface area contributed by atoms with Crippen molar-refractivity contribution < 1.29 is 14.3 Å². The van der Waals surface area contributed by atoms with Gasteiger partial charge in [-0.2, -0.15) is 0 Å². The molecule has 0 aromatic rings. The Balaban J connectivity index is 3.73. The lowest BCUT2D eigenvalue weighted by Crippen LogP contribution is -2.29. The Labute approximate surface area is 99.5 Å². The standard InChI is InChI=1S/C10H14N2O3S/c1-2-15-10(14)7-12-9(13)5-3-4-6-11-8-16/h3-6,8H,2,7H2,1H3,(H,11,16)(H,12,13)/b5-3+,6-4-. The molecule has 6 heteroatoms. The number of thiocarbonyl (C=S) groups is 1. The minimum absolute atomic E-state index is 0.126. The van der Waals surface area contributed by atoms with Gasteiger partial charge in [-0.3, -0.25) is 9.59 Å². The summed E-state index contributed by atoms with van der Waals surface area (Å²) in [5.74, 6) is -0.817. The molecule has 0 radical (unpaired) electrons. The van der Waals surface area contributed by atoms with E-state index in [9.17, 15) is 9.59 Å². The molecular formula is C10H14N2O3S. The molecule has 0 bridgehead atoms. The molecule has 0 atom stereocenters. The Bertz CT molecular complexity index is 300. The van der Waals surface area contributed by atoms with Crippen molar-refractivity contribution in [2.75, 3.05) is 13.2 Å². The summed E-state index contributed by atoms with van der Waals surface area (Å²) in [6, 6.07) is 0. The van der Waals surface area contributed by atoms with Crippen molar-refractivity contribution >= 4 is 29.6 Å². The summed E-state index contributed by atoms with van der Waals surface area (Å²) in [5, 5.41) is 5.02. The van der Waals surface area contributed by atoms with Crippen molar-refractivity contribution in [3.63, 3.8) is 0 Å². The first-order valence-electron chi connectivity index (χ1n) is 4.67. The number of carbonyl (C=O) groups excluding carboxylic acids is 2. The van der Waals surface area contributed by atoms with E-state index in [1.54, 1.807) is 19.2 Å². The number of amides is 1. The van der Waals surface area contributed by atoms with Gasteiger partial charge in [-0.05, 0) is 13.0 Å². The van der Waals surface area contributed by atoms with Crippen LogP contribution in [-0.4, -0.2) is 30.5 Å². The highest BCUT2D eigenvalue weighted by Crippen LogP contribution is 1.79. The van der Waals surface area contributed by atoms with Gasteiger partial charge in [-0.15, -0.1) is 0 Å². The third kappa shape index (κ3) is 8.89. The third-order valence-electron chi connectivity index (χ3n) is 1.33. The highest BCUT2D eigenvalue weighted by Gasteiger charge is 2.01. The largest absolute Gasteiger partial charge is 0.465 e. The highest BCUT2D eigenvalue weighted by molar-refractivity contribution is 7.78. The summed E-state index contributed by atoms with van der Waals surface area (Å²) in [6.07, 6.45) is 5.99. The third-order valence-corrected chi connectivity index (χ3v) is 1.47. The van der Waals surface area contributed by atoms with Crippen molar-refractivity contribution in [3.05, 3.63) is 24.4 Å². The molecule has 0 rings (SSSR count). The number of allylic oxidation sites excluding steroid dienone is 2. The van der Waals surface area contributed by atoms with Crippen LogP contribution in [0, 0.1) is 0 Å². The van der Waals surface area contributed by atoms with Crippen LogP contribution in [0.4, 0.5) is 0 Å². The zero-order valence-corrected chi connectivity index (χ0v) is 9.75. The van der Waals surface area contributed by atoms with Gasteiger partial charge in [0.15, 0.2) is 0 Å². The minimum atomic E-state index is -0.456. The van der Waals surface area contributed by atoms with Crippen LogP contribution in [0.25, 0.3) is 0 Å². The maximum absolute atomic E-state index is 11.1. The van der Waals surface area contributed by atoms with E-state index in [4.69, 9.17) is 0 Å². The predicted octanol–water partition coefficient (Wildman–Crippen LogP) is 0.282. The van der Waals surface area contributed by atoms with E-state index in [1.165, 1.54) is 17.6 Å². The number of carbonyl (C=O) groups is 2. The maximum Gasteiger partial charge on any atom is 0.325 e.